The van der Waals surface area contributed by atoms with Gasteiger partial charge in [0.25, 0.3) is 0 Å². The molecule has 0 saturated carbocycles. The monoisotopic (exact) mass is 335 g/mol. The van der Waals surface area contributed by atoms with Crippen LogP contribution in [0.3, 0.4) is 0 Å². The number of hydrogen-bond donors (Lipinski definition) is 1. The third kappa shape index (κ3) is 6.43. The number of guanidine groups is 1. The molecule has 1 heterocycles. The number of hydrogen-bond acceptors (Lipinski definition) is 3. The quantitative estimate of drug-likeness (QED) is 0.360. The average molecular weight is 336 g/mol. The number of thioether (sulfide) groups is 1. The zero-order valence-corrected chi connectivity index (χ0v) is 15.4. The van der Waals surface area contributed by atoms with Gasteiger partial charge in [-0.25, -0.2) is 0 Å². The molecular weight excluding hydrogens is 306 g/mol. The van der Waals surface area contributed by atoms with Gasteiger partial charge in [0.05, 0.1) is 13.2 Å². The molecule has 0 radical (unpaired) electrons. The normalized spacial score (nSPS) is 18.2. The van der Waals surface area contributed by atoms with E-state index < -0.39 is 0 Å². The van der Waals surface area contributed by atoms with Gasteiger partial charge in [-0.05, 0) is 32.4 Å². The summed E-state index contributed by atoms with van der Waals surface area (Å²) in [5.41, 5.74) is 1.30. The van der Waals surface area contributed by atoms with E-state index in [9.17, 15) is 0 Å². The Labute approximate surface area is 144 Å². The van der Waals surface area contributed by atoms with Crippen molar-refractivity contribution in [3.8, 4) is 0 Å². The van der Waals surface area contributed by atoms with E-state index in [0.29, 0.717) is 5.92 Å². The number of aryl methyl sites for hydroxylation is 1. The van der Waals surface area contributed by atoms with Gasteiger partial charge in [0.15, 0.2) is 5.96 Å². The van der Waals surface area contributed by atoms with E-state index in [1.54, 1.807) is 0 Å². The predicted molar refractivity (Wildman–Crippen MR) is 99.4 cm³/mol. The molecule has 1 saturated heterocycles. The van der Waals surface area contributed by atoms with Crippen LogP contribution in [-0.2, 0) is 4.74 Å². The SMILES string of the molecule is CCNC(=NCCSc1ccc(C)cc1)N(C)CC1CCOC1. The molecular formula is C18H29N3OS. The molecule has 1 fully saturated rings. The van der Waals surface area contributed by atoms with Crippen molar-refractivity contribution in [3.63, 3.8) is 0 Å². The van der Waals surface area contributed by atoms with Crippen LogP contribution < -0.4 is 5.32 Å². The Hall–Kier alpha value is -1.20. The zero-order valence-electron chi connectivity index (χ0n) is 14.5. The molecule has 1 aliphatic heterocycles. The Bertz CT molecular complexity index is 484. The minimum absolute atomic E-state index is 0.630. The van der Waals surface area contributed by atoms with E-state index in [4.69, 9.17) is 9.73 Å². The van der Waals surface area contributed by atoms with Crippen molar-refractivity contribution in [2.75, 3.05) is 45.6 Å². The Kier molecular flexibility index (Phi) is 7.76. The largest absolute Gasteiger partial charge is 0.381 e. The first-order valence-corrected chi connectivity index (χ1v) is 9.44. The summed E-state index contributed by atoms with van der Waals surface area (Å²) in [5.74, 6) is 2.63. The third-order valence-electron chi connectivity index (χ3n) is 3.90. The van der Waals surface area contributed by atoms with Gasteiger partial charge in [0, 0.05) is 43.3 Å². The predicted octanol–water partition coefficient (Wildman–Crippen LogP) is 3.02. The number of rotatable bonds is 7. The first kappa shape index (κ1) is 18.1. The van der Waals surface area contributed by atoms with Crippen molar-refractivity contribution in [1.82, 2.24) is 10.2 Å². The lowest BCUT2D eigenvalue weighted by Gasteiger charge is -2.24. The maximum Gasteiger partial charge on any atom is 0.193 e. The van der Waals surface area contributed by atoms with Gasteiger partial charge in [-0.15, -0.1) is 11.8 Å². The molecule has 1 aliphatic rings. The summed E-state index contributed by atoms with van der Waals surface area (Å²) in [7, 11) is 2.12. The average Bonchev–Trinajstić information content (AvgIpc) is 3.05. The van der Waals surface area contributed by atoms with Crippen molar-refractivity contribution in [2.24, 2.45) is 10.9 Å². The van der Waals surface area contributed by atoms with Gasteiger partial charge >= 0.3 is 0 Å². The summed E-state index contributed by atoms with van der Waals surface area (Å²) in [5, 5.41) is 3.39. The molecule has 1 aromatic carbocycles. The summed E-state index contributed by atoms with van der Waals surface area (Å²) in [4.78, 5) is 8.31. The van der Waals surface area contributed by atoms with Crippen LogP contribution in [-0.4, -0.2) is 56.5 Å². The van der Waals surface area contributed by atoms with E-state index in [1.807, 2.05) is 11.8 Å². The van der Waals surface area contributed by atoms with Gasteiger partial charge < -0.3 is 15.0 Å². The number of benzene rings is 1. The molecule has 0 spiro atoms. The van der Waals surface area contributed by atoms with Crippen LogP contribution in [0.5, 0.6) is 0 Å². The summed E-state index contributed by atoms with van der Waals surface area (Å²) < 4.78 is 5.46. The lowest BCUT2D eigenvalue weighted by Crippen LogP contribution is -2.41. The molecule has 0 bridgehead atoms. The van der Waals surface area contributed by atoms with E-state index in [-0.39, 0.29) is 0 Å². The molecule has 4 nitrogen and oxygen atoms in total. The van der Waals surface area contributed by atoms with Crippen LogP contribution >= 0.6 is 11.8 Å². The number of aliphatic imine (C=N–C) groups is 1. The maximum absolute atomic E-state index is 5.46. The van der Waals surface area contributed by atoms with Crippen molar-refractivity contribution in [2.45, 2.75) is 25.2 Å². The van der Waals surface area contributed by atoms with Gasteiger partial charge in [0.1, 0.15) is 0 Å². The Morgan fingerprint density at radius 1 is 1.39 bits per heavy atom. The molecule has 0 aromatic heterocycles. The minimum Gasteiger partial charge on any atom is -0.381 e. The smallest absolute Gasteiger partial charge is 0.193 e. The minimum atomic E-state index is 0.630. The number of nitrogens with zero attached hydrogens (tertiary/aromatic N) is 2. The fourth-order valence-electron chi connectivity index (χ4n) is 2.62. The van der Waals surface area contributed by atoms with E-state index in [1.165, 1.54) is 10.5 Å². The van der Waals surface area contributed by atoms with Crippen LogP contribution in [0.2, 0.25) is 0 Å². The van der Waals surface area contributed by atoms with Crippen molar-refractivity contribution < 1.29 is 4.74 Å². The number of nitrogens with one attached hydrogen (secondary N) is 1. The highest BCUT2D eigenvalue weighted by molar-refractivity contribution is 7.99. The molecule has 5 heteroatoms. The zero-order chi connectivity index (χ0) is 16.5. The third-order valence-corrected chi connectivity index (χ3v) is 4.89. The van der Waals surface area contributed by atoms with E-state index in [2.05, 4.69) is 55.4 Å². The molecule has 0 amide bonds. The van der Waals surface area contributed by atoms with Gasteiger partial charge in [0.2, 0.25) is 0 Å². The fourth-order valence-corrected chi connectivity index (χ4v) is 3.37. The molecule has 0 aliphatic carbocycles. The second-order valence-corrected chi connectivity index (χ2v) is 7.18. The van der Waals surface area contributed by atoms with Crippen molar-refractivity contribution in [3.05, 3.63) is 29.8 Å². The standard InChI is InChI=1S/C18H29N3OS/c1-4-19-18(21(3)13-16-9-11-22-14-16)20-10-12-23-17-7-5-15(2)6-8-17/h5-8,16H,4,9-14H2,1-3H3,(H,19,20). The highest BCUT2D eigenvalue weighted by Crippen LogP contribution is 2.18. The first-order valence-electron chi connectivity index (χ1n) is 8.45. The van der Waals surface area contributed by atoms with Gasteiger partial charge in [-0.1, -0.05) is 17.7 Å². The Morgan fingerprint density at radius 2 is 2.17 bits per heavy atom. The summed E-state index contributed by atoms with van der Waals surface area (Å²) >= 11 is 1.86. The summed E-state index contributed by atoms with van der Waals surface area (Å²) in [6.07, 6.45) is 1.16. The van der Waals surface area contributed by atoms with Crippen LogP contribution in [0.15, 0.2) is 34.2 Å². The molecule has 128 valence electrons. The van der Waals surface area contributed by atoms with Crippen LogP contribution in [0.4, 0.5) is 0 Å². The van der Waals surface area contributed by atoms with Gasteiger partial charge in [-0.2, -0.15) is 0 Å². The topological polar surface area (TPSA) is 36.9 Å². The second-order valence-electron chi connectivity index (χ2n) is 6.01. The highest BCUT2D eigenvalue weighted by Gasteiger charge is 2.18. The lowest BCUT2D eigenvalue weighted by atomic mass is 10.1. The molecule has 2 rings (SSSR count). The first-order chi connectivity index (χ1) is 11.2. The van der Waals surface area contributed by atoms with Crippen LogP contribution in [0.25, 0.3) is 0 Å². The molecule has 1 unspecified atom stereocenters. The second kappa shape index (κ2) is 9.83. The Morgan fingerprint density at radius 3 is 2.83 bits per heavy atom. The number of ether oxygens (including phenoxy) is 1. The molecule has 1 atom stereocenters. The van der Waals surface area contributed by atoms with Crippen molar-refractivity contribution >= 4 is 17.7 Å². The fraction of sp³-hybridized carbons (Fsp3) is 0.611. The van der Waals surface area contributed by atoms with E-state index in [0.717, 1.165) is 51.0 Å². The van der Waals surface area contributed by atoms with Crippen LogP contribution in [0.1, 0.15) is 18.9 Å². The van der Waals surface area contributed by atoms with Crippen LogP contribution in [0, 0.1) is 12.8 Å². The highest BCUT2D eigenvalue weighted by atomic mass is 32.2. The molecule has 23 heavy (non-hydrogen) atoms. The lowest BCUT2D eigenvalue weighted by molar-refractivity contribution is 0.181. The Balaban J connectivity index is 1.78. The van der Waals surface area contributed by atoms with Crippen molar-refractivity contribution in [1.29, 1.82) is 0 Å². The summed E-state index contributed by atoms with van der Waals surface area (Å²) in [6.45, 7) is 8.75. The molecule has 1 aromatic rings. The van der Waals surface area contributed by atoms with E-state index >= 15 is 0 Å². The van der Waals surface area contributed by atoms with Gasteiger partial charge in [-0.3, -0.25) is 4.99 Å². The summed E-state index contributed by atoms with van der Waals surface area (Å²) in [6, 6.07) is 8.68. The maximum atomic E-state index is 5.46. The molecule has 1 N–H and O–H groups in total.